The first-order valence-corrected chi connectivity index (χ1v) is 31.9. The van der Waals surface area contributed by atoms with E-state index < -0.39 is 25.8 Å². The molecule has 9 saturated heterocycles. The Morgan fingerprint density at radius 2 is 1.50 bits per heavy atom. The molecule has 14 heteroatoms. The predicted molar refractivity (Wildman–Crippen MR) is 289 cm³/mol. The number of benzene rings is 2. The number of hydrogen-bond donors (Lipinski definition) is 0. The van der Waals surface area contributed by atoms with E-state index in [0.29, 0.717) is 43.2 Å². The first kappa shape index (κ1) is 54.5. The number of aldehydes is 1. The molecule has 6 bridgehead atoms. The Kier molecular flexibility index (Phi) is 15.2. The molecule has 0 radical (unpaired) electrons. The first-order chi connectivity index (χ1) is 36.2. The number of hydrogen-bond acceptors (Lipinski definition) is 12. The van der Waals surface area contributed by atoms with Gasteiger partial charge in [-0.05, 0) is 129 Å². The highest BCUT2D eigenvalue weighted by atomic mass is 28.4. The number of aryl methyl sites for hydroxylation is 1. The number of amides is 2. The number of nitrogens with zero attached hydrogens (tertiary/aromatic N) is 1. The Hall–Kier alpha value is -3.41. The van der Waals surface area contributed by atoms with Gasteiger partial charge in [-0.1, -0.05) is 90.2 Å². The van der Waals surface area contributed by atoms with Gasteiger partial charge in [-0.15, -0.1) is 0 Å². The summed E-state index contributed by atoms with van der Waals surface area (Å²) < 4.78 is 62.3. The molecular weight excluding hydrogens is 979 g/mol. The Balaban J connectivity index is 0.734. The maximum absolute atomic E-state index is 13.8. The van der Waals surface area contributed by atoms with Crippen molar-refractivity contribution in [1.29, 1.82) is 0 Å². The summed E-state index contributed by atoms with van der Waals surface area (Å²) in [5.41, 5.74) is 3.95. The molecule has 9 fully saturated rings. The molecule has 12 rings (SSSR count). The minimum absolute atomic E-state index is 0.00289. The highest BCUT2D eigenvalue weighted by molar-refractivity contribution is 6.74. The topological polar surface area (TPSA) is 138 Å². The van der Waals surface area contributed by atoms with Gasteiger partial charge in [0.25, 0.3) is 11.8 Å². The minimum Gasteiger partial charge on any atom is -0.412 e. The van der Waals surface area contributed by atoms with Gasteiger partial charge in [-0.3, -0.25) is 14.5 Å². The molecule has 76 heavy (non-hydrogen) atoms. The van der Waals surface area contributed by atoms with Gasteiger partial charge in [-0.2, -0.15) is 0 Å². The molecule has 10 aliphatic heterocycles. The van der Waals surface area contributed by atoms with Gasteiger partial charge in [0.05, 0.1) is 72.6 Å². The van der Waals surface area contributed by atoms with E-state index in [2.05, 4.69) is 98.1 Å². The fraction of sp³-hybridized carbons (Fsp3) is 0.694. The van der Waals surface area contributed by atoms with Crippen LogP contribution in [-0.2, 0) is 53.5 Å². The second-order valence-corrected chi connectivity index (χ2v) is 30.9. The SMILES string of the molecule is C=C1C[C@H](CC[C@@]23C[C@]4(C)O[C@H]5[C@@H](O2)[C@H]2OC(CC=O)CC[C@@H]2O[C@H]5[C@H]4O3)OC1CC[C@H]1C[C@@H](C)C(=C)C(C[C@@H]2OC(C[C@@H](CN3C(=O)c4ccccc4C3=O)O[Si](C)(C)C(C)(C)C)[C@H](C)C2CCc2ccccc2)O1. The molecule has 19 atom stereocenters. The predicted octanol–water partition coefficient (Wildman–Crippen LogP) is 10.7. The van der Waals surface area contributed by atoms with Crippen LogP contribution >= 0.6 is 0 Å². The molecule has 0 saturated carbocycles. The molecule has 2 aromatic rings. The van der Waals surface area contributed by atoms with E-state index in [0.717, 1.165) is 75.2 Å². The summed E-state index contributed by atoms with van der Waals surface area (Å²) in [5, 5.41) is -0.0782. The summed E-state index contributed by atoms with van der Waals surface area (Å²) in [6.45, 7) is 27.3. The standard InChI is InChI=1S/C62H85NO12Si/c1-36-30-42(22-24-48-37(2)31-43(67-48)26-28-62-35-61(8)57(74-62)56-55(72-61)54(73-62)53-49(71-56)25-21-41(69-53)27-29-64)68-51(38(36)3)33-52-45(23-20-40-16-12-11-13-17-40)39(4)50(70-52)32-44(75-76(9,10)60(5,6)7)34-63-58(65)46-18-14-15-19-47(46)59(63)66/h11-19,29,36,39,41-45,48-57H,2-3,20-28,30-35H2,1,4-10H3/t36-,39-,41?,42+,43+,44+,45?,48?,49+,50?,51?,52+,53+,54+,55+,56-,57-,61+,62-/m1/s1. The number of ether oxygens (including phenoxy) is 8. The average molecular weight is 1060 g/mol. The van der Waals surface area contributed by atoms with E-state index in [1.54, 1.807) is 12.1 Å². The third-order valence-corrected chi connectivity index (χ3v) is 24.4. The molecule has 414 valence electrons. The van der Waals surface area contributed by atoms with Crippen molar-refractivity contribution in [1.82, 2.24) is 4.90 Å². The average Bonchev–Trinajstić information content (AvgIpc) is 4.09. The normalized spacial score (nSPS) is 40.2. The molecule has 2 aromatic carbocycles. The third-order valence-electron chi connectivity index (χ3n) is 19.9. The summed E-state index contributed by atoms with van der Waals surface area (Å²) in [7, 11) is -2.35. The van der Waals surface area contributed by atoms with Gasteiger partial charge in [0.2, 0.25) is 0 Å². The van der Waals surface area contributed by atoms with Crippen molar-refractivity contribution in [2.24, 2.45) is 17.8 Å². The molecule has 13 nitrogen and oxygen atoms in total. The van der Waals surface area contributed by atoms with Crippen LogP contribution in [0, 0.1) is 17.8 Å². The second-order valence-electron chi connectivity index (χ2n) is 26.1. The zero-order valence-corrected chi connectivity index (χ0v) is 47.5. The van der Waals surface area contributed by atoms with Crippen molar-refractivity contribution in [3.05, 3.63) is 95.6 Å². The van der Waals surface area contributed by atoms with Gasteiger partial charge in [0.15, 0.2) is 14.1 Å². The molecule has 0 spiro atoms. The number of carbonyl (C=O) groups is 3. The minimum atomic E-state index is -2.35. The number of carbonyl (C=O) groups excluding carboxylic acids is 3. The van der Waals surface area contributed by atoms with Crippen LogP contribution in [0.4, 0.5) is 0 Å². The summed E-state index contributed by atoms with van der Waals surface area (Å²) in [4.78, 5) is 40.4. The van der Waals surface area contributed by atoms with Gasteiger partial charge in [0, 0.05) is 32.1 Å². The van der Waals surface area contributed by atoms with Crippen LogP contribution in [0.15, 0.2) is 78.9 Å². The summed E-state index contributed by atoms with van der Waals surface area (Å²) in [5.74, 6) is -0.632. The molecule has 0 N–H and O–H groups in total. The lowest BCUT2D eigenvalue weighted by atomic mass is 9.79. The highest BCUT2D eigenvalue weighted by Crippen LogP contribution is 2.59. The largest absolute Gasteiger partial charge is 0.412 e. The first-order valence-electron chi connectivity index (χ1n) is 29.0. The van der Waals surface area contributed by atoms with E-state index in [4.69, 9.17) is 42.3 Å². The van der Waals surface area contributed by atoms with Gasteiger partial charge >= 0.3 is 0 Å². The smallest absolute Gasteiger partial charge is 0.261 e. The van der Waals surface area contributed by atoms with Crippen LogP contribution in [0.2, 0.25) is 18.1 Å². The van der Waals surface area contributed by atoms with E-state index in [1.165, 1.54) is 10.5 Å². The molecule has 2 amide bonds. The maximum atomic E-state index is 13.8. The van der Waals surface area contributed by atoms with E-state index in [-0.39, 0.29) is 121 Å². The Labute approximate surface area is 452 Å². The van der Waals surface area contributed by atoms with Crippen LogP contribution in [0.3, 0.4) is 0 Å². The third kappa shape index (κ3) is 10.5. The molecule has 0 aromatic heterocycles. The second kappa shape index (κ2) is 21.2. The van der Waals surface area contributed by atoms with E-state index in [9.17, 15) is 14.4 Å². The van der Waals surface area contributed by atoms with Crippen LogP contribution in [0.1, 0.15) is 151 Å². The summed E-state index contributed by atoms with van der Waals surface area (Å²) >= 11 is 0. The summed E-state index contributed by atoms with van der Waals surface area (Å²) in [6, 6.07) is 17.8. The number of rotatable bonds is 19. The fourth-order valence-electron chi connectivity index (χ4n) is 14.6. The lowest BCUT2D eigenvalue weighted by Gasteiger charge is -2.47. The lowest BCUT2D eigenvalue weighted by Crippen LogP contribution is -2.61. The van der Waals surface area contributed by atoms with Crippen molar-refractivity contribution >= 4 is 26.4 Å². The zero-order valence-electron chi connectivity index (χ0n) is 46.5. The van der Waals surface area contributed by atoms with Crippen molar-refractivity contribution in [2.45, 2.75) is 246 Å². The highest BCUT2D eigenvalue weighted by Gasteiger charge is 2.73. The van der Waals surface area contributed by atoms with Gasteiger partial charge < -0.3 is 47.1 Å². The zero-order chi connectivity index (χ0) is 53.5. The number of fused-ring (bicyclic) bond motifs is 2. The Bertz CT molecular complexity index is 2460. The monoisotopic (exact) mass is 1060 g/mol. The van der Waals surface area contributed by atoms with Crippen molar-refractivity contribution in [2.75, 3.05) is 6.54 Å². The number of imide groups is 1. The van der Waals surface area contributed by atoms with Crippen LogP contribution in [0.5, 0.6) is 0 Å². The molecule has 10 heterocycles. The van der Waals surface area contributed by atoms with Crippen molar-refractivity contribution < 1.29 is 56.7 Å². The van der Waals surface area contributed by atoms with Crippen LogP contribution in [-0.4, -0.2) is 135 Å². The van der Waals surface area contributed by atoms with Crippen molar-refractivity contribution in [3.8, 4) is 0 Å². The maximum Gasteiger partial charge on any atom is 0.261 e. The Morgan fingerprint density at radius 3 is 2.22 bits per heavy atom. The van der Waals surface area contributed by atoms with Gasteiger partial charge in [0.1, 0.15) is 42.4 Å². The van der Waals surface area contributed by atoms with Gasteiger partial charge in [-0.25, -0.2) is 0 Å². The molecule has 5 unspecified atom stereocenters. The molecular formula is C62H85NO12Si. The van der Waals surface area contributed by atoms with Crippen molar-refractivity contribution in [3.63, 3.8) is 0 Å². The fourth-order valence-corrected chi connectivity index (χ4v) is 15.9. The van der Waals surface area contributed by atoms with Crippen LogP contribution in [0.25, 0.3) is 0 Å². The lowest BCUT2D eigenvalue weighted by molar-refractivity contribution is -0.294. The quantitative estimate of drug-likeness (QED) is 0.0573. The van der Waals surface area contributed by atoms with Crippen LogP contribution < -0.4 is 0 Å². The molecule has 10 aliphatic rings. The van der Waals surface area contributed by atoms with E-state index >= 15 is 0 Å². The summed E-state index contributed by atoms with van der Waals surface area (Å²) in [6.07, 6.45) is 9.15. The molecule has 0 aliphatic carbocycles. The van der Waals surface area contributed by atoms with E-state index in [1.807, 2.05) is 12.1 Å². The Morgan fingerprint density at radius 1 is 0.789 bits per heavy atom.